The molecule has 2 nitrogen and oxygen atoms in total. The monoisotopic (exact) mass is 222 g/mol. The van der Waals surface area contributed by atoms with Crippen LogP contribution in [0.2, 0.25) is 0 Å². The first-order chi connectivity index (χ1) is 6.95. The van der Waals surface area contributed by atoms with Gasteiger partial charge in [0.25, 0.3) is 0 Å². The molecule has 0 aliphatic rings. The van der Waals surface area contributed by atoms with Crippen molar-refractivity contribution in [3.05, 3.63) is 24.3 Å². The fraction of sp³-hybridized carbons (Fsp3) is 0.417. The maximum Gasteiger partial charge on any atom is 0.105 e. The lowest BCUT2D eigenvalue weighted by Crippen LogP contribution is -2.28. The van der Waals surface area contributed by atoms with Gasteiger partial charge in [-0.2, -0.15) is 0 Å². The van der Waals surface area contributed by atoms with Crippen molar-refractivity contribution < 1.29 is 0 Å². The lowest BCUT2D eigenvalue weighted by atomic mass is 9.95. The summed E-state index contributed by atoms with van der Waals surface area (Å²) in [6, 6.07) is 8.04. The Bertz CT molecular complexity index is 364. The van der Waals surface area contributed by atoms with E-state index in [2.05, 4.69) is 31.8 Å². The minimum atomic E-state index is -0.0779. The molecule has 0 heterocycles. The maximum atomic E-state index is 5.95. The number of benzene rings is 1. The van der Waals surface area contributed by atoms with Crippen LogP contribution in [-0.4, -0.2) is 12.1 Å². The minimum absolute atomic E-state index is 0.0779. The predicted molar refractivity (Wildman–Crippen MR) is 69.0 cm³/mol. The molecule has 0 unspecified atom stereocenters. The van der Waals surface area contributed by atoms with Crippen molar-refractivity contribution in [3.63, 3.8) is 0 Å². The van der Waals surface area contributed by atoms with Gasteiger partial charge in [0, 0.05) is 10.3 Å². The predicted octanol–water partition coefficient (Wildman–Crippen LogP) is 3.44. The van der Waals surface area contributed by atoms with Gasteiger partial charge in [-0.1, -0.05) is 32.9 Å². The minimum Gasteiger partial charge on any atom is -0.387 e. The molecule has 0 bridgehead atoms. The SMILES string of the molecule is CSc1ccccc1N=C(N)C(C)(C)C. The van der Waals surface area contributed by atoms with E-state index < -0.39 is 0 Å². The third-order valence-electron chi connectivity index (χ3n) is 2.09. The Labute approximate surface area is 96.0 Å². The molecule has 0 aliphatic heterocycles. The fourth-order valence-corrected chi connectivity index (χ4v) is 1.56. The van der Waals surface area contributed by atoms with Crippen LogP contribution in [0.5, 0.6) is 0 Å². The fourth-order valence-electron chi connectivity index (χ4n) is 1.02. The number of para-hydroxylation sites is 1. The zero-order valence-electron chi connectivity index (χ0n) is 9.74. The van der Waals surface area contributed by atoms with Crippen LogP contribution in [0.3, 0.4) is 0 Å². The van der Waals surface area contributed by atoms with Crippen molar-refractivity contribution in [2.45, 2.75) is 25.7 Å². The molecule has 0 fully saturated rings. The summed E-state index contributed by atoms with van der Waals surface area (Å²) in [5.41, 5.74) is 6.83. The highest BCUT2D eigenvalue weighted by Gasteiger charge is 2.15. The first kappa shape index (κ1) is 12.1. The molecule has 0 saturated heterocycles. The Kier molecular flexibility index (Phi) is 3.80. The third-order valence-corrected chi connectivity index (χ3v) is 2.88. The number of amidine groups is 1. The lowest BCUT2D eigenvalue weighted by Gasteiger charge is -2.17. The van der Waals surface area contributed by atoms with Gasteiger partial charge in [0.05, 0.1) is 5.69 Å². The van der Waals surface area contributed by atoms with E-state index >= 15 is 0 Å². The number of aliphatic imine (C=N–C) groups is 1. The van der Waals surface area contributed by atoms with Crippen LogP contribution in [0.1, 0.15) is 20.8 Å². The van der Waals surface area contributed by atoms with E-state index in [1.54, 1.807) is 11.8 Å². The van der Waals surface area contributed by atoms with E-state index in [1.807, 2.05) is 24.5 Å². The second kappa shape index (κ2) is 4.71. The molecule has 15 heavy (non-hydrogen) atoms. The van der Waals surface area contributed by atoms with Gasteiger partial charge in [-0.25, -0.2) is 4.99 Å². The van der Waals surface area contributed by atoms with Crippen LogP contribution < -0.4 is 5.73 Å². The van der Waals surface area contributed by atoms with Gasteiger partial charge in [-0.15, -0.1) is 11.8 Å². The number of nitrogens with zero attached hydrogens (tertiary/aromatic N) is 1. The second-order valence-corrected chi connectivity index (χ2v) is 5.27. The molecular formula is C12H18N2S. The van der Waals surface area contributed by atoms with Crippen molar-refractivity contribution >= 4 is 23.3 Å². The van der Waals surface area contributed by atoms with E-state index in [9.17, 15) is 0 Å². The van der Waals surface area contributed by atoms with Gasteiger partial charge in [0.2, 0.25) is 0 Å². The van der Waals surface area contributed by atoms with Gasteiger partial charge in [-0.05, 0) is 18.4 Å². The summed E-state index contributed by atoms with van der Waals surface area (Å²) in [6.45, 7) is 6.19. The van der Waals surface area contributed by atoms with Crippen molar-refractivity contribution in [2.75, 3.05) is 6.26 Å². The van der Waals surface area contributed by atoms with Crippen molar-refractivity contribution in [3.8, 4) is 0 Å². The molecule has 0 aromatic heterocycles. The lowest BCUT2D eigenvalue weighted by molar-refractivity contribution is 0.585. The molecule has 2 N–H and O–H groups in total. The molecule has 0 spiro atoms. The normalized spacial score (nSPS) is 12.9. The third kappa shape index (κ3) is 3.27. The summed E-state index contributed by atoms with van der Waals surface area (Å²) in [4.78, 5) is 5.63. The van der Waals surface area contributed by atoms with Gasteiger partial charge < -0.3 is 5.73 Å². The number of hydrogen-bond donors (Lipinski definition) is 1. The molecule has 82 valence electrons. The van der Waals surface area contributed by atoms with Gasteiger partial charge >= 0.3 is 0 Å². The largest absolute Gasteiger partial charge is 0.387 e. The second-order valence-electron chi connectivity index (χ2n) is 4.42. The van der Waals surface area contributed by atoms with Crippen LogP contribution in [0, 0.1) is 5.41 Å². The molecule has 0 amide bonds. The molecule has 0 aliphatic carbocycles. The summed E-state index contributed by atoms with van der Waals surface area (Å²) < 4.78 is 0. The Hall–Kier alpha value is -0.960. The number of rotatable bonds is 2. The number of nitrogens with two attached hydrogens (primary N) is 1. The standard InChI is InChI=1S/C12H18N2S/c1-12(2,3)11(13)14-9-7-5-6-8-10(9)15-4/h5-8H,1-4H3,(H2,13,14). The zero-order chi connectivity index (χ0) is 11.5. The first-order valence-electron chi connectivity index (χ1n) is 4.93. The van der Waals surface area contributed by atoms with Crippen molar-refractivity contribution in [2.24, 2.45) is 16.1 Å². The molecule has 0 saturated carbocycles. The zero-order valence-corrected chi connectivity index (χ0v) is 10.6. The van der Waals surface area contributed by atoms with E-state index in [0.29, 0.717) is 5.84 Å². The van der Waals surface area contributed by atoms with E-state index in [4.69, 9.17) is 5.73 Å². The topological polar surface area (TPSA) is 38.4 Å². The number of thioether (sulfide) groups is 1. The summed E-state index contributed by atoms with van der Waals surface area (Å²) in [6.07, 6.45) is 2.04. The molecular weight excluding hydrogens is 204 g/mol. The number of hydrogen-bond acceptors (Lipinski definition) is 2. The highest BCUT2D eigenvalue weighted by molar-refractivity contribution is 7.98. The molecule has 3 heteroatoms. The van der Waals surface area contributed by atoms with Crippen LogP contribution >= 0.6 is 11.8 Å². The maximum absolute atomic E-state index is 5.95. The smallest absolute Gasteiger partial charge is 0.105 e. The summed E-state index contributed by atoms with van der Waals surface area (Å²) in [7, 11) is 0. The van der Waals surface area contributed by atoms with Crippen molar-refractivity contribution in [1.29, 1.82) is 0 Å². The average Bonchev–Trinajstić information content (AvgIpc) is 2.17. The van der Waals surface area contributed by atoms with Crippen molar-refractivity contribution in [1.82, 2.24) is 0 Å². The van der Waals surface area contributed by atoms with Gasteiger partial charge in [0.15, 0.2) is 0 Å². The molecule has 1 aromatic carbocycles. The van der Waals surface area contributed by atoms with Crippen LogP contribution in [0.25, 0.3) is 0 Å². The summed E-state index contributed by atoms with van der Waals surface area (Å²) >= 11 is 1.69. The van der Waals surface area contributed by atoms with E-state index in [1.165, 1.54) is 0 Å². The van der Waals surface area contributed by atoms with Gasteiger partial charge in [-0.3, -0.25) is 0 Å². The van der Waals surface area contributed by atoms with Gasteiger partial charge in [0.1, 0.15) is 5.84 Å². The van der Waals surface area contributed by atoms with Crippen LogP contribution in [0.4, 0.5) is 5.69 Å². The quantitative estimate of drug-likeness (QED) is 0.473. The first-order valence-corrected chi connectivity index (χ1v) is 6.15. The average molecular weight is 222 g/mol. The summed E-state index contributed by atoms with van der Waals surface area (Å²) in [5.74, 6) is 0.670. The molecule has 0 atom stereocenters. The van der Waals surface area contributed by atoms with E-state index in [0.717, 1.165) is 10.6 Å². The Balaban J connectivity index is 3.08. The molecule has 0 radical (unpaired) electrons. The summed E-state index contributed by atoms with van der Waals surface area (Å²) in [5, 5.41) is 0. The molecule has 1 aromatic rings. The van der Waals surface area contributed by atoms with E-state index in [-0.39, 0.29) is 5.41 Å². The highest BCUT2D eigenvalue weighted by atomic mass is 32.2. The Morgan fingerprint density at radius 3 is 2.40 bits per heavy atom. The Morgan fingerprint density at radius 2 is 1.87 bits per heavy atom. The van der Waals surface area contributed by atoms with Crippen LogP contribution in [0.15, 0.2) is 34.2 Å². The Morgan fingerprint density at radius 1 is 1.27 bits per heavy atom. The molecule has 1 rings (SSSR count). The highest BCUT2D eigenvalue weighted by Crippen LogP contribution is 2.28. The van der Waals surface area contributed by atoms with Crippen LogP contribution in [-0.2, 0) is 0 Å².